The molecule has 20 rings (SSSR count). The first-order valence-corrected chi connectivity index (χ1v) is 78.2. The summed E-state index contributed by atoms with van der Waals surface area (Å²) in [4.78, 5) is 35.9. The summed E-state index contributed by atoms with van der Waals surface area (Å²) in [5, 5.41) is 0. The number of hydrogen-bond donors (Lipinski definition) is 0. The van der Waals surface area contributed by atoms with Crippen molar-refractivity contribution < 1.29 is 80.4 Å². The Morgan fingerprint density at radius 3 is 0.797 bits per heavy atom. The average Bonchev–Trinajstić information content (AvgIpc) is 1.07. The van der Waals surface area contributed by atoms with Crippen molar-refractivity contribution >= 4 is 70.6 Å². The van der Waals surface area contributed by atoms with Crippen LogP contribution in [0.5, 0.6) is 0 Å². The third-order valence-electron chi connectivity index (χ3n) is 24.4. The fraction of sp³-hybridized carbons (Fsp3) is 0.213. The van der Waals surface area contributed by atoms with Crippen LogP contribution in [0.2, 0.25) is 69.1 Å². The Morgan fingerprint density at radius 1 is 0.245 bits per heavy atom. The molecule has 16 heteroatoms. The molecule has 8 nitrogen and oxygen atoms in total. The summed E-state index contributed by atoms with van der Waals surface area (Å²) in [7, 11) is 0. The topological polar surface area (TPSA) is 103 Å². The van der Waals surface area contributed by atoms with Gasteiger partial charge in [0.1, 0.15) is 0 Å². The second-order valence-corrected chi connectivity index (χ2v) is 82.0. The van der Waals surface area contributed by atoms with E-state index in [-0.39, 0.29) is 80.4 Å². The molecule has 0 bridgehead atoms. The Kier molecular flexibility index (Phi) is 48.2. The van der Waals surface area contributed by atoms with Crippen molar-refractivity contribution in [3.63, 3.8) is 0 Å². The Hall–Kier alpha value is -9.83. The molecular formula is C127H130Ge4Ir4N8-8. The van der Waals surface area contributed by atoms with Gasteiger partial charge in [0.2, 0.25) is 0 Å². The van der Waals surface area contributed by atoms with E-state index in [0.717, 1.165) is 108 Å². The first kappa shape index (κ1) is 117. The molecule has 8 heterocycles. The Labute approximate surface area is 918 Å². The molecule has 8 aromatic heterocycles. The molecule has 2 aliphatic carbocycles. The van der Waals surface area contributed by atoms with E-state index in [1.165, 1.54) is 93.5 Å². The molecule has 0 spiro atoms. The van der Waals surface area contributed by atoms with Crippen LogP contribution in [-0.4, -0.2) is 92.9 Å². The van der Waals surface area contributed by atoms with Crippen LogP contribution in [0.15, 0.2) is 389 Å². The van der Waals surface area contributed by atoms with E-state index >= 15 is 0 Å². The van der Waals surface area contributed by atoms with Gasteiger partial charge in [-0.3, -0.25) is 0 Å². The first-order valence-electron chi connectivity index (χ1n) is 48.9. The average molecular weight is 2830 g/mol. The van der Waals surface area contributed by atoms with Crippen LogP contribution >= 0.6 is 0 Å². The van der Waals surface area contributed by atoms with E-state index in [0.29, 0.717) is 5.92 Å². The van der Waals surface area contributed by atoms with Crippen molar-refractivity contribution in [2.75, 3.05) is 0 Å². The van der Waals surface area contributed by atoms with E-state index < -0.39 is 53.1 Å². The minimum Gasteiger partial charge on any atom is -0.305 e. The monoisotopic (exact) mass is 2830 g/mol. The molecule has 10 aromatic carbocycles. The van der Waals surface area contributed by atoms with Gasteiger partial charge in [-0.25, -0.2) is 0 Å². The van der Waals surface area contributed by atoms with Gasteiger partial charge >= 0.3 is 564 Å². The maximum Gasteiger partial charge on any atom is 0.0160 e. The van der Waals surface area contributed by atoms with Crippen molar-refractivity contribution in [2.24, 2.45) is 5.92 Å². The molecule has 2 aliphatic rings. The van der Waals surface area contributed by atoms with Gasteiger partial charge in [0.05, 0.1) is 0 Å². The van der Waals surface area contributed by atoms with Gasteiger partial charge in [-0.05, 0) is 47.0 Å². The molecule has 4 radical (unpaired) electrons. The minimum atomic E-state index is -1.94. The summed E-state index contributed by atoms with van der Waals surface area (Å²) >= 11 is -7.54. The van der Waals surface area contributed by atoms with E-state index in [1.54, 1.807) is 44.7 Å². The van der Waals surface area contributed by atoms with E-state index in [1.807, 2.05) is 219 Å². The number of pyridine rings is 8. The molecule has 0 saturated heterocycles. The van der Waals surface area contributed by atoms with Crippen molar-refractivity contribution in [3.05, 3.63) is 460 Å². The van der Waals surface area contributed by atoms with Crippen LogP contribution in [-0.2, 0) is 86.8 Å². The molecule has 2 saturated carbocycles. The summed E-state index contributed by atoms with van der Waals surface area (Å²) < 4.78 is 6.25. The summed E-state index contributed by atoms with van der Waals surface area (Å²) in [5.41, 5.74) is 27.6. The van der Waals surface area contributed by atoms with E-state index in [4.69, 9.17) is 15.0 Å². The molecule has 0 atom stereocenters. The second-order valence-electron chi connectivity index (χ2n) is 39.7. The van der Waals surface area contributed by atoms with E-state index in [9.17, 15) is 0 Å². The predicted octanol–water partition coefficient (Wildman–Crippen LogP) is 30.7. The zero-order valence-corrected chi connectivity index (χ0v) is 103. The molecule has 738 valence electrons. The van der Waals surface area contributed by atoms with Gasteiger partial charge in [-0.2, -0.15) is 0 Å². The summed E-state index contributed by atoms with van der Waals surface area (Å²) in [6.45, 7) is 6.75. The molecule has 0 amide bonds. The number of aromatic nitrogens is 8. The predicted molar refractivity (Wildman–Crippen MR) is 597 cm³/mol. The van der Waals surface area contributed by atoms with Crippen LogP contribution in [0.25, 0.3) is 112 Å². The zero-order valence-electron chi connectivity index (χ0n) is 85.0. The van der Waals surface area contributed by atoms with Gasteiger partial charge in [-0.1, -0.05) is 48.5 Å². The van der Waals surface area contributed by atoms with Crippen LogP contribution in [0, 0.1) is 61.4 Å². The van der Waals surface area contributed by atoms with E-state index in [2.05, 4.69) is 309 Å². The van der Waals surface area contributed by atoms with Crippen LogP contribution in [0.1, 0.15) is 99.3 Å². The van der Waals surface area contributed by atoms with Crippen molar-refractivity contribution in [2.45, 2.75) is 159 Å². The zero-order chi connectivity index (χ0) is 97.8. The molecule has 18 aromatic rings. The van der Waals surface area contributed by atoms with Gasteiger partial charge in [-0.15, -0.1) is 144 Å². The number of rotatable bonds is 18. The maximum absolute atomic E-state index is 4.90. The number of benzene rings is 10. The normalized spacial score (nSPS) is 12.0. The van der Waals surface area contributed by atoms with Crippen molar-refractivity contribution in [1.29, 1.82) is 0 Å². The van der Waals surface area contributed by atoms with Crippen LogP contribution in [0.4, 0.5) is 0 Å². The molecule has 143 heavy (non-hydrogen) atoms. The summed E-state index contributed by atoms with van der Waals surface area (Å²) in [6.07, 6.45) is 27.7. The maximum atomic E-state index is 4.90. The molecule has 0 unspecified atom stereocenters. The Balaban J connectivity index is 0.000000185. The quantitative estimate of drug-likeness (QED) is 0.0618. The third-order valence-corrected chi connectivity index (χ3v) is 41.7. The van der Waals surface area contributed by atoms with Crippen LogP contribution in [0.3, 0.4) is 0 Å². The van der Waals surface area contributed by atoms with Gasteiger partial charge < -0.3 is 19.9 Å². The molecule has 0 N–H and O–H groups in total. The van der Waals surface area contributed by atoms with Gasteiger partial charge in [0, 0.05) is 105 Å². The second kappa shape index (κ2) is 59.1. The Morgan fingerprint density at radius 2 is 0.510 bits per heavy atom. The van der Waals surface area contributed by atoms with Gasteiger partial charge in [0.15, 0.2) is 0 Å². The fourth-order valence-corrected chi connectivity index (χ4v) is 31.1. The molecular weight excluding hydrogens is 2700 g/mol. The minimum absolute atomic E-state index is 0. The largest absolute Gasteiger partial charge is 0.305 e. The number of nitrogens with zero attached hydrogens (tertiary/aromatic N) is 8. The summed E-state index contributed by atoms with van der Waals surface area (Å²) in [6, 6.07) is 140. The van der Waals surface area contributed by atoms with Gasteiger partial charge in [0.25, 0.3) is 0 Å². The number of hydrogen-bond acceptors (Lipinski definition) is 8. The first-order chi connectivity index (χ1) is 67.3. The van der Waals surface area contributed by atoms with Crippen molar-refractivity contribution in [3.8, 4) is 112 Å². The molecule has 0 aliphatic heterocycles. The smallest absolute Gasteiger partial charge is 0.0160 e. The molecule has 2 fully saturated rings. The number of aryl methyl sites for hydroxylation is 1. The fourth-order valence-electron chi connectivity index (χ4n) is 17.3. The SMILES string of the molecule is CC(C)Cc1cc(-c2[c-]ccc(-c3ccccc3)c2)nc[c]1[Ge]([CH3])([CH3])[CH3].Cc1cnc(-c2[c-]cccc2)c[c]1[Ge]([CH3])([CH3])[CH3].[CH3][Ge]([CH3])([CH3])[c]1cnc(-c2[c-]ccc(-c3ccccc3)c2)cc1C1CCCC1.[CH3][Ge]([CH3])([CH3])[c]1cnc(-c2[c-]cccc2)cc1C1CCCC1.[Ir].[Ir].[Ir].[Ir].[c-]1ccccc1-c1ccccn1.[c-]1ccccc1-c1ccccn1.[c-]1ccccc1-c1ccccn1.[c-]1ccccc1-c1ccccn1. The van der Waals surface area contributed by atoms with Crippen LogP contribution < -0.4 is 17.6 Å². The Bertz CT molecular complexity index is 6250. The standard InChI is InChI=1S/C25H28GeN.C24H28GeN.C19H24GeN.C15H18GeN.4C11H8N.4Ir/c1-26(2,3)24-18-27-25(17-23(24)20-12-7-8-13-20)22-15-9-14-21(16-22)19-10-5-4-6-11-19;1-18(2)14-22-16-24(26-17-23(22)25(3,4)5)21-13-9-12-20(15-21)19-10-7-6-8-11-19;1-20(2,3)18-14-21-19(16-11-5-4-6-12-16)13-17(18)15-9-7-8-10-15;1-12-11-17-15(10-14(12)16(2,3)4)13-8-6-5-7-9-13;4*1-2-6-10(7-3-1)11-8-4-5-9-12-11;;;;/h4-6,9-11,14,16-18,20H,7-8,12-13H2,1-3H3;6-12,15-18H,14H2,1-5H3;4-6,11,13-15H,7-10H2,1-3H3;5-8,10-11H,1-4H3;4*1-6,8-9H;;;;/q8*-1;;;;. The van der Waals surface area contributed by atoms with Crippen molar-refractivity contribution in [1.82, 2.24) is 39.9 Å². The third kappa shape index (κ3) is 36.4. The summed E-state index contributed by atoms with van der Waals surface area (Å²) in [5.74, 6) is 31.6.